The third-order valence-electron chi connectivity index (χ3n) is 4.94. The van der Waals surface area contributed by atoms with Gasteiger partial charge >= 0.3 is 0 Å². The van der Waals surface area contributed by atoms with E-state index < -0.39 is 0 Å². The van der Waals surface area contributed by atoms with Crippen LogP contribution in [0.2, 0.25) is 0 Å². The zero-order valence-corrected chi connectivity index (χ0v) is 16.4. The fourth-order valence-electron chi connectivity index (χ4n) is 3.41. The maximum absolute atomic E-state index is 13.0. The number of carbonyl (C=O) groups is 1. The van der Waals surface area contributed by atoms with Crippen LogP contribution in [0.5, 0.6) is 0 Å². The van der Waals surface area contributed by atoms with Crippen LogP contribution >= 0.6 is 11.3 Å². The van der Waals surface area contributed by atoms with Crippen molar-refractivity contribution in [2.75, 3.05) is 13.1 Å². The highest BCUT2D eigenvalue weighted by Gasteiger charge is 2.27. The quantitative estimate of drug-likeness (QED) is 0.655. The molecular formula is C20H21FN4O2S. The van der Waals surface area contributed by atoms with E-state index in [1.807, 2.05) is 17.2 Å². The molecule has 3 aromatic rings. The van der Waals surface area contributed by atoms with Crippen molar-refractivity contribution >= 4 is 17.2 Å². The number of rotatable bonds is 5. The summed E-state index contributed by atoms with van der Waals surface area (Å²) in [6.07, 6.45) is 2.62. The van der Waals surface area contributed by atoms with Gasteiger partial charge in [-0.1, -0.05) is 17.3 Å². The maximum Gasteiger partial charge on any atom is 0.229 e. The zero-order chi connectivity index (χ0) is 19.5. The minimum Gasteiger partial charge on any atom is -0.342 e. The van der Waals surface area contributed by atoms with Crippen molar-refractivity contribution in [3.8, 4) is 0 Å². The molecule has 146 valence electrons. The molecule has 8 heteroatoms. The Morgan fingerprint density at radius 3 is 2.68 bits per heavy atom. The van der Waals surface area contributed by atoms with Crippen LogP contribution in [-0.4, -0.2) is 39.0 Å². The molecule has 0 saturated carbocycles. The summed E-state index contributed by atoms with van der Waals surface area (Å²) in [5.41, 5.74) is 1.80. The number of likely N-dealkylation sites (tertiary alicyclic amines) is 1. The number of piperidine rings is 1. The Kier molecular flexibility index (Phi) is 5.47. The first kappa shape index (κ1) is 18.7. The third-order valence-corrected chi connectivity index (χ3v) is 5.84. The van der Waals surface area contributed by atoms with Gasteiger partial charge in [-0.2, -0.15) is 4.98 Å². The van der Waals surface area contributed by atoms with Gasteiger partial charge in [-0.05, 0) is 37.5 Å². The van der Waals surface area contributed by atoms with Gasteiger partial charge in [0.15, 0.2) is 5.82 Å². The minimum absolute atomic E-state index is 0.0961. The minimum atomic E-state index is -0.243. The average Bonchev–Trinajstić information content (AvgIpc) is 3.33. The number of hydrogen-bond donors (Lipinski definition) is 0. The first-order valence-electron chi connectivity index (χ1n) is 9.32. The maximum atomic E-state index is 13.0. The normalized spacial score (nSPS) is 15.1. The van der Waals surface area contributed by atoms with E-state index >= 15 is 0 Å². The highest BCUT2D eigenvalue weighted by atomic mass is 32.1. The van der Waals surface area contributed by atoms with Crippen LogP contribution in [0.15, 0.2) is 34.2 Å². The predicted octanol–water partition coefficient (Wildman–Crippen LogP) is 3.51. The van der Waals surface area contributed by atoms with Crippen LogP contribution in [0.1, 0.15) is 46.7 Å². The van der Waals surface area contributed by atoms with Crippen LogP contribution in [-0.2, 0) is 17.6 Å². The van der Waals surface area contributed by atoms with Crippen LogP contribution in [0.4, 0.5) is 4.39 Å². The van der Waals surface area contributed by atoms with Gasteiger partial charge in [0.25, 0.3) is 0 Å². The van der Waals surface area contributed by atoms with Gasteiger partial charge < -0.3 is 9.42 Å². The van der Waals surface area contributed by atoms with Crippen LogP contribution in [0, 0.1) is 12.7 Å². The van der Waals surface area contributed by atoms with E-state index in [9.17, 15) is 9.18 Å². The van der Waals surface area contributed by atoms with Crippen molar-refractivity contribution < 1.29 is 13.7 Å². The SMILES string of the molecule is Cc1noc(C2CCN(C(=O)Cc3csc(Cc4ccc(F)cc4)n3)CC2)n1. The number of hydrogen-bond acceptors (Lipinski definition) is 6. The Morgan fingerprint density at radius 2 is 2.00 bits per heavy atom. The topological polar surface area (TPSA) is 72.1 Å². The molecule has 1 amide bonds. The van der Waals surface area contributed by atoms with Crippen molar-refractivity contribution in [3.63, 3.8) is 0 Å². The molecule has 0 spiro atoms. The Morgan fingerprint density at radius 1 is 1.25 bits per heavy atom. The second-order valence-corrected chi connectivity index (χ2v) is 7.99. The Bertz CT molecular complexity index is 945. The fourth-order valence-corrected chi connectivity index (χ4v) is 4.24. The number of halogens is 1. The van der Waals surface area contributed by atoms with E-state index in [4.69, 9.17) is 4.52 Å². The van der Waals surface area contributed by atoms with Crippen molar-refractivity contribution in [2.24, 2.45) is 0 Å². The van der Waals surface area contributed by atoms with E-state index in [0.717, 1.165) is 29.1 Å². The second-order valence-electron chi connectivity index (χ2n) is 7.05. The van der Waals surface area contributed by atoms with Crippen LogP contribution in [0.25, 0.3) is 0 Å². The Labute approximate surface area is 166 Å². The second kappa shape index (κ2) is 8.18. The number of aryl methyl sites for hydroxylation is 1. The summed E-state index contributed by atoms with van der Waals surface area (Å²) >= 11 is 1.53. The number of carbonyl (C=O) groups excluding carboxylic acids is 1. The Balaban J connectivity index is 1.29. The lowest BCUT2D eigenvalue weighted by Crippen LogP contribution is -2.38. The third kappa shape index (κ3) is 4.44. The van der Waals surface area contributed by atoms with Crippen molar-refractivity contribution in [1.82, 2.24) is 20.0 Å². The van der Waals surface area contributed by atoms with E-state index in [-0.39, 0.29) is 17.6 Å². The Hall–Kier alpha value is -2.61. The van der Waals surface area contributed by atoms with Crippen LogP contribution in [0.3, 0.4) is 0 Å². The number of thiazole rings is 1. The molecule has 0 N–H and O–H groups in total. The molecular weight excluding hydrogens is 379 g/mol. The molecule has 0 bridgehead atoms. The molecule has 1 aromatic carbocycles. The van der Waals surface area contributed by atoms with Gasteiger partial charge in [0, 0.05) is 30.8 Å². The predicted molar refractivity (Wildman–Crippen MR) is 103 cm³/mol. The smallest absolute Gasteiger partial charge is 0.229 e. The zero-order valence-electron chi connectivity index (χ0n) is 15.6. The molecule has 4 rings (SSSR count). The van der Waals surface area contributed by atoms with Crippen LogP contribution < -0.4 is 0 Å². The molecule has 2 aromatic heterocycles. The fraction of sp³-hybridized carbons (Fsp3) is 0.400. The first-order valence-corrected chi connectivity index (χ1v) is 10.2. The average molecular weight is 400 g/mol. The monoisotopic (exact) mass is 400 g/mol. The number of benzene rings is 1. The first-order chi connectivity index (χ1) is 13.6. The highest BCUT2D eigenvalue weighted by Crippen LogP contribution is 2.27. The molecule has 1 aliphatic heterocycles. The van der Waals surface area contributed by atoms with E-state index in [1.165, 1.54) is 23.5 Å². The lowest BCUT2D eigenvalue weighted by molar-refractivity contribution is -0.131. The lowest BCUT2D eigenvalue weighted by atomic mass is 9.96. The van der Waals surface area contributed by atoms with Crippen molar-refractivity contribution in [2.45, 2.75) is 38.5 Å². The summed E-state index contributed by atoms with van der Waals surface area (Å²) in [5.74, 6) is 1.40. The van der Waals surface area contributed by atoms with Gasteiger partial charge in [-0.3, -0.25) is 4.79 Å². The van der Waals surface area contributed by atoms with Crippen molar-refractivity contribution in [3.05, 3.63) is 63.4 Å². The van der Waals surface area contributed by atoms with E-state index in [0.29, 0.717) is 37.6 Å². The summed E-state index contributed by atoms with van der Waals surface area (Å²) in [6.45, 7) is 3.19. The van der Waals surface area contributed by atoms with Crippen molar-refractivity contribution in [1.29, 1.82) is 0 Å². The molecule has 6 nitrogen and oxygen atoms in total. The van der Waals surface area contributed by atoms with Gasteiger partial charge in [0.1, 0.15) is 5.82 Å². The summed E-state index contributed by atoms with van der Waals surface area (Å²) in [6, 6.07) is 6.42. The standard InChI is InChI=1S/C20H21FN4O2S/c1-13-22-20(27-24-13)15-6-8-25(9-7-15)19(26)11-17-12-28-18(23-17)10-14-2-4-16(21)5-3-14/h2-5,12,15H,6-11H2,1H3. The molecule has 0 radical (unpaired) electrons. The largest absolute Gasteiger partial charge is 0.342 e. The molecule has 28 heavy (non-hydrogen) atoms. The molecule has 0 unspecified atom stereocenters. The van der Waals surface area contributed by atoms with E-state index in [2.05, 4.69) is 15.1 Å². The molecule has 0 atom stereocenters. The molecule has 3 heterocycles. The molecule has 1 aliphatic rings. The lowest BCUT2D eigenvalue weighted by Gasteiger charge is -2.30. The number of nitrogens with zero attached hydrogens (tertiary/aromatic N) is 4. The van der Waals surface area contributed by atoms with Gasteiger partial charge in [0.2, 0.25) is 11.8 Å². The summed E-state index contributed by atoms with van der Waals surface area (Å²) in [7, 11) is 0. The number of aromatic nitrogens is 3. The summed E-state index contributed by atoms with van der Waals surface area (Å²) < 4.78 is 18.3. The van der Waals surface area contributed by atoms with Gasteiger partial charge in [0.05, 0.1) is 17.1 Å². The highest BCUT2D eigenvalue weighted by molar-refractivity contribution is 7.09. The van der Waals surface area contributed by atoms with Gasteiger partial charge in [-0.25, -0.2) is 9.37 Å². The molecule has 1 fully saturated rings. The summed E-state index contributed by atoms with van der Waals surface area (Å²) in [4.78, 5) is 23.4. The molecule has 1 saturated heterocycles. The summed E-state index contributed by atoms with van der Waals surface area (Å²) in [5, 5.41) is 6.71. The molecule has 0 aliphatic carbocycles. The van der Waals surface area contributed by atoms with Gasteiger partial charge in [-0.15, -0.1) is 11.3 Å². The van der Waals surface area contributed by atoms with E-state index in [1.54, 1.807) is 12.1 Å². The number of amides is 1.